The van der Waals surface area contributed by atoms with Crippen LogP contribution in [0.2, 0.25) is 0 Å². The first-order valence-corrected chi connectivity index (χ1v) is 7.79. The molecule has 0 spiro atoms. The molecule has 22 heavy (non-hydrogen) atoms. The first-order valence-electron chi connectivity index (χ1n) is 7.79. The summed E-state index contributed by atoms with van der Waals surface area (Å²) >= 11 is 0. The van der Waals surface area contributed by atoms with Crippen LogP contribution in [0.1, 0.15) is 36.4 Å². The second-order valence-electron chi connectivity index (χ2n) is 5.66. The van der Waals surface area contributed by atoms with Crippen LogP contribution in [-0.2, 0) is 11.2 Å². The molecule has 2 N–H and O–H groups in total. The molecule has 1 atom stereocenters. The van der Waals surface area contributed by atoms with Crippen LogP contribution in [-0.4, -0.2) is 33.9 Å². The molecule has 1 aromatic carbocycles. The topological polar surface area (TPSA) is 67.2 Å². The van der Waals surface area contributed by atoms with E-state index < -0.39 is 0 Å². The van der Waals surface area contributed by atoms with Gasteiger partial charge in [-0.3, -0.25) is 4.79 Å². The molecule has 0 radical (unpaired) electrons. The predicted octanol–water partition coefficient (Wildman–Crippen LogP) is 1.79. The monoisotopic (exact) mass is 299 g/mol. The highest BCUT2D eigenvalue weighted by Crippen LogP contribution is 2.34. The normalized spacial score (nSPS) is 17.0. The fourth-order valence-electron chi connectivity index (χ4n) is 3.14. The summed E-state index contributed by atoms with van der Waals surface area (Å²) in [5, 5.41) is 16.0. The Labute approximate surface area is 130 Å². The summed E-state index contributed by atoms with van der Waals surface area (Å²) in [6.45, 7) is 0.301. The van der Waals surface area contributed by atoms with Gasteiger partial charge in [0.25, 0.3) is 0 Å². The van der Waals surface area contributed by atoms with E-state index in [4.69, 9.17) is 5.11 Å². The molecule has 2 aromatic rings. The highest BCUT2D eigenvalue weighted by Gasteiger charge is 2.26. The summed E-state index contributed by atoms with van der Waals surface area (Å²) in [4.78, 5) is 11.9. The van der Waals surface area contributed by atoms with Gasteiger partial charge in [0.1, 0.15) is 0 Å². The van der Waals surface area contributed by atoms with E-state index in [1.807, 2.05) is 41.2 Å². The largest absolute Gasteiger partial charge is 0.395 e. The van der Waals surface area contributed by atoms with Crippen molar-refractivity contribution >= 4 is 5.91 Å². The molecule has 116 valence electrons. The van der Waals surface area contributed by atoms with Crippen LogP contribution in [0.4, 0.5) is 0 Å². The average molecular weight is 299 g/mol. The molecule has 1 aromatic heterocycles. The number of benzene rings is 1. The number of rotatable bonds is 5. The van der Waals surface area contributed by atoms with Crippen LogP contribution in [0, 0.1) is 0 Å². The van der Waals surface area contributed by atoms with E-state index in [1.165, 1.54) is 11.3 Å². The van der Waals surface area contributed by atoms with E-state index >= 15 is 0 Å². The molecular formula is C17H21N3O2. The number of aliphatic hydroxyl groups excluding tert-OH is 1. The zero-order valence-electron chi connectivity index (χ0n) is 12.5. The lowest BCUT2D eigenvalue weighted by atomic mass is 9.84. The van der Waals surface area contributed by atoms with Gasteiger partial charge in [0.05, 0.1) is 18.5 Å². The number of para-hydroxylation sites is 1. The summed E-state index contributed by atoms with van der Waals surface area (Å²) in [7, 11) is 0. The predicted molar refractivity (Wildman–Crippen MR) is 84.0 cm³/mol. The number of aromatic nitrogens is 2. The third kappa shape index (κ3) is 3.04. The second-order valence-corrected chi connectivity index (χ2v) is 5.66. The Bertz CT molecular complexity index is 637. The molecule has 0 bridgehead atoms. The van der Waals surface area contributed by atoms with Crippen molar-refractivity contribution < 1.29 is 9.90 Å². The average Bonchev–Trinajstić information content (AvgIpc) is 2.99. The first-order chi connectivity index (χ1) is 10.8. The quantitative estimate of drug-likeness (QED) is 0.884. The van der Waals surface area contributed by atoms with Crippen molar-refractivity contribution in [2.24, 2.45) is 0 Å². The van der Waals surface area contributed by atoms with Gasteiger partial charge in [-0.2, -0.15) is 5.10 Å². The summed E-state index contributed by atoms with van der Waals surface area (Å²) in [5.41, 5.74) is 3.47. The maximum Gasteiger partial charge on any atom is 0.220 e. The van der Waals surface area contributed by atoms with E-state index in [2.05, 4.69) is 10.4 Å². The Kier molecular flexibility index (Phi) is 4.53. The summed E-state index contributed by atoms with van der Waals surface area (Å²) in [6, 6.07) is 10.1. The minimum Gasteiger partial charge on any atom is -0.395 e. The summed E-state index contributed by atoms with van der Waals surface area (Å²) in [5.74, 6) is 0.222. The lowest BCUT2D eigenvalue weighted by Gasteiger charge is -2.22. The molecular weight excluding hydrogens is 278 g/mol. The summed E-state index contributed by atoms with van der Waals surface area (Å²) < 4.78 is 1.99. The maximum absolute atomic E-state index is 11.9. The fraction of sp³-hybridized carbons (Fsp3) is 0.412. The number of hydrogen-bond acceptors (Lipinski definition) is 3. The van der Waals surface area contributed by atoms with Gasteiger partial charge in [0, 0.05) is 18.7 Å². The molecule has 0 aliphatic heterocycles. The number of carbonyl (C=O) groups excluding carboxylic acids is 1. The third-order valence-electron chi connectivity index (χ3n) is 4.17. The summed E-state index contributed by atoms with van der Waals surface area (Å²) in [6.07, 6.45) is 5.46. The Morgan fingerprint density at radius 3 is 2.95 bits per heavy atom. The van der Waals surface area contributed by atoms with Gasteiger partial charge in [0.15, 0.2) is 0 Å². The van der Waals surface area contributed by atoms with E-state index in [-0.39, 0.29) is 18.4 Å². The standard InChI is InChI=1S/C17H21N3O2/c21-10-9-18-17(22)11-13-5-4-8-16-15(13)12-19-20(16)14-6-2-1-3-7-14/h1-3,6-7,12-13,21H,4-5,8-11H2,(H,18,22). The number of hydrogen-bond donors (Lipinski definition) is 2. The lowest BCUT2D eigenvalue weighted by molar-refractivity contribution is -0.121. The molecule has 5 nitrogen and oxygen atoms in total. The second kappa shape index (κ2) is 6.75. The van der Waals surface area contributed by atoms with Gasteiger partial charge in [-0.1, -0.05) is 18.2 Å². The highest BCUT2D eigenvalue weighted by atomic mass is 16.3. The molecule has 1 heterocycles. The molecule has 1 aliphatic rings. The smallest absolute Gasteiger partial charge is 0.220 e. The zero-order valence-corrected chi connectivity index (χ0v) is 12.5. The van der Waals surface area contributed by atoms with Gasteiger partial charge in [-0.25, -0.2) is 4.68 Å². The van der Waals surface area contributed by atoms with E-state index in [0.717, 1.165) is 24.9 Å². The SMILES string of the molecule is O=C(CC1CCCc2c1cnn2-c1ccccc1)NCCO. The van der Waals surface area contributed by atoms with Gasteiger partial charge >= 0.3 is 0 Å². The number of fused-ring (bicyclic) bond motifs is 1. The van der Waals surface area contributed by atoms with Gasteiger partial charge in [-0.15, -0.1) is 0 Å². The van der Waals surface area contributed by atoms with E-state index in [9.17, 15) is 4.79 Å². The molecule has 0 saturated heterocycles. The molecule has 1 amide bonds. The van der Waals surface area contributed by atoms with Crippen LogP contribution in [0.3, 0.4) is 0 Å². The molecule has 0 saturated carbocycles. The van der Waals surface area contributed by atoms with Crippen LogP contribution < -0.4 is 5.32 Å². The minimum atomic E-state index is -0.0202. The third-order valence-corrected chi connectivity index (χ3v) is 4.17. The van der Waals surface area contributed by atoms with Crippen LogP contribution in [0.5, 0.6) is 0 Å². The van der Waals surface area contributed by atoms with Crippen LogP contribution in [0.15, 0.2) is 36.5 Å². The van der Waals surface area contributed by atoms with Crippen LogP contribution in [0.25, 0.3) is 5.69 Å². The molecule has 5 heteroatoms. The van der Waals surface area contributed by atoms with Gasteiger partial charge < -0.3 is 10.4 Å². The number of amides is 1. The zero-order chi connectivity index (χ0) is 15.4. The molecule has 3 rings (SSSR count). The number of carbonyl (C=O) groups is 1. The van der Waals surface area contributed by atoms with Crippen molar-refractivity contribution in [3.05, 3.63) is 47.8 Å². The molecule has 1 unspecified atom stereocenters. The Balaban J connectivity index is 1.80. The van der Waals surface area contributed by atoms with Crippen molar-refractivity contribution in [1.29, 1.82) is 0 Å². The lowest BCUT2D eigenvalue weighted by Crippen LogP contribution is -2.28. The van der Waals surface area contributed by atoms with E-state index in [1.54, 1.807) is 0 Å². The van der Waals surface area contributed by atoms with Crippen LogP contribution >= 0.6 is 0 Å². The van der Waals surface area contributed by atoms with E-state index in [0.29, 0.717) is 13.0 Å². The Hall–Kier alpha value is -2.14. The number of aliphatic hydroxyl groups is 1. The maximum atomic E-state index is 11.9. The first kappa shape index (κ1) is 14.8. The fourth-order valence-corrected chi connectivity index (χ4v) is 3.14. The minimum absolute atomic E-state index is 0.000592. The van der Waals surface area contributed by atoms with Crippen molar-refractivity contribution in [3.8, 4) is 5.69 Å². The van der Waals surface area contributed by atoms with Crippen molar-refractivity contribution in [3.63, 3.8) is 0 Å². The van der Waals surface area contributed by atoms with Gasteiger partial charge in [-0.05, 0) is 42.9 Å². The highest BCUT2D eigenvalue weighted by molar-refractivity contribution is 5.77. The van der Waals surface area contributed by atoms with Crippen molar-refractivity contribution in [1.82, 2.24) is 15.1 Å². The number of nitrogens with one attached hydrogen (secondary N) is 1. The Morgan fingerprint density at radius 1 is 1.36 bits per heavy atom. The van der Waals surface area contributed by atoms with Crippen molar-refractivity contribution in [2.75, 3.05) is 13.2 Å². The Morgan fingerprint density at radius 2 is 2.18 bits per heavy atom. The number of nitrogens with zero attached hydrogens (tertiary/aromatic N) is 2. The molecule has 1 aliphatic carbocycles. The molecule has 0 fully saturated rings. The van der Waals surface area contributed by atoms with Gasteiger partial charge in [0.2, 0.25) is 5.91 Å². The van der Waals surface area contributed by atoms with Crippen molar-refractivity contribution in [2.45, 2.75) is 31.6 Å².